The van der Waals surface area contributed by atoms with Crippen LogP contribution in [-0.4, -0.2) is 58.8 Å². The maximum absolute atomic E-state index is 11.6. The van der Waals surface area contributed by atoms with E-state index in [2.05, 4.69) is 13.1 Å². The van der Waals surface area contributed by atoms with Gasteiger partial charge >= 0.3 is 23.5 Å². The minimum Gasteiger partial charge on any atom is -0.379 e. The highest BCUT2D eigenvalue weighted by Crippen LogP contribution is 2.66. The average molecular weight is 411 g/mol. The van der Waals surface area contributed by atoms with Crippen LogP contribution >= 0.6 is 23.5 Å². The lowest BCUT2D eigenvalue weighted by molar-refractivity contribution is -0.0206. The van der Waals surface area contributed by atoms with Crippen LogP contribution in [0.2, 0.25) is 6.32 Å². The predicted octanol–water partition coefficient (Wildman–Crippen LogP) is 0.602. The summed E-state index contributed by atoms with van der Waals surface area (Å²) in [5, 5.41) is 0. The van der Waals surface area contributed by atoms with Gasteiger partial charge < -0.3 is 29.0 Å². The zero-order chi connectivity index (χ0) is 18.6. The van der Waals surface area contributed by atoms with E-state index in [0.717, 1.165) is 6.32 Å². The minimum atomic E-state index is -5.52. The molecule has 24 heavy (non-hydrogen) atoms. The number of rotatable bonds is 10. The lowest BCUT2D eigenvalue weighted by Crippen LogP contribution is -2.28. The van der Waals surface area contributed by atoms with Gasteiger partial charge in [0.2, 0.25) is 0 Å². The van der Waals surface area contributed by atoms with Crippen LogP contribution in [0, 0.1) is 0 Å². The largest absolute Gasteiger partial charge is 0.490 e. The molecule has 141 valence electrons. The van der Waals surface area contributed by atoms with Crippen molar-refractivity contribution in [1.29, 1.82) is 0 Å². The van der Waals surface area contributed by atoms with Crippen molar-refractivity contribution in [3.63, 3.8) is 0 Å². The molecule has 12 nitrogen and oxygen atoms in total. The molecule has 1 heterocycles. The molecule has 0 spiro atoms. The van der Waals surface area contributed by atoms with Gasteiger partial charge in [-0.3, -0.25) is 4.52 Å². The molecule has 1 saturated heterocycles. The fourth-order valence-corrected chi connectivity index (χ4v) is 5.06. The van der Waals surface area contributed by atoms with Gasteiger partial charge in [-0.05, 0) is 6.42 Å². The van der Waals surface area contributed by atoms with Crippen molar-refractivity contribution in [2.75, 3.05) is 13.7 Å². The number of phosphoric acid groups is 3. The first-order valence-electron chi connectivity index (χ1n) is 6.67. The molecule has 5 atom stereocenters. The summed E-state index contributed by atoms with van der Waals surface area (Å²) in [7, 11) is -12.8. The molecule has 4 N–H and O–H groups in total. The molecule has 0 amide bonds. The second-order valence-corrected chi connectivity index (χ2v) is 9.17. The van der Waals surface area contributed by atoms with E-state index >= 15 is 0 Å². The molecule has 1 fully saturated rings. The Balaban J connectivity index is 2.60. The fourth-order valence-electron chi connectivity index (χ4n) is 2.03. The van der Waals surface area contributed by atoms with Crippen molar-refractivity contribution >= 4 is 30.7 Å². The molecule has 1 radical (unpaired) electrons. The van der Waals surface area contributed by atoms with Gasteiger partial charge in [-0.1, -0.05) is 13.2 Å². The Labute approximate surface area is 139 Å². The van der Waals surface area contributed by atoms with Crippen molar-refractivity contribution in [1.82, 2.24) is 0 Å². The van der Waals surface area contributed by atoms with Crippen LogP contribution in [0.4, 0.5) is 0 Å². The Bertz CT molecular complexity index is 550. The summed E-state index contributed by atoms with van der Waals surface area (Å²) in [6, 6.07) is -0.241. The number of hydrogen-bond donors (Lipinski definition) is 4. The molecule has 0 aromatic carbocycles. The van der Waals surface area contributed by atoms with Crippen LogP contribution in [0.25, 0.3) is 0 Å². The van der Waals surface area contributed by atoms with Gasteiger partial charge in [-0.2, -0.15) is 8.62 Å². The van der Waals surface area contributed by atoms with E-state index < -0.39 is 42.3 Å². The number of phosphoric ester groups is 1. The van der Waals surface area contributed by atoms with Gasteiger partial charge in [-0.25, -0.2) is 13.7 Å². The Morgan fingerprint density at radius 2 is 1.75 bits per heavy atom. The molecule has 0 aromatic heterocycles. The topological polar surface area (TPSA) is 178 Å². The lowest BCUT2D eigenvalue weighted by atomic mass is 9.68. The molecule has 0 aromatic rings. The Morgan fingerprint density at radius 1 is 1.12 bits per heavy atom. The lowest BCUT2D eigenvalue weighted by Gasteiger charge is -2.20. The molecule has 16 heteroatoms. The summed E-state index contributed by atoms with van der Waals surface area (Å²) in [6.45, 7) is 1.39. The second-order valence-electron chi connectivity index (χ2n) is 4.75. The highest BCUT2D eigenvalue weighted by molar-refractivity contribution is 7.66. The first-order chi connectivity index (χ1) is 10.9. The van der Waals surface area contributed by atoms with Crippen molar-refractivity contribution in [2.24, 2.45) is 0 Å². The monoisotopic (exact) mass is 411 g/mol. The molecule has 0 saturated carbocycles. The quantitative estimate of drug-likeness (QED) is 0.291. The minimum absolute atomic E-state index is 0.241. The summed E-state index contributed by atoms with van der Waals surface area (Å²) in [5.41, 5.74) is 0. The number of ether oxygens (including phenoxy) is 2. The van der Waals surface area contributed by atoms with Crippen molar-refractivity contribution < 1.29 is 55.9 Å². The standard InChI is InChI=1S/C8H19BO12P3/c1-3-9-8-4-6(17-2)7(19-8)5-18-23(13,14)21-24(15,16)20-22(10,11)12/h6-8H,3-5H2,1-2H3,(H,13,14)(H,15,16)(H2,10,11,12)/t6-,7+,8+/m0/s1. The molecule has 1 aliphatic rings. The first-order valence-corrected chi connectivity index (χ1v) is 11.2. The van der Waals surface area contributed by atoms with Crippen LogP contribution in [0.5, 0.6) is 0 Å². The van der Waals surface area contributed by atoms with Crippen LogP contribution in [0.15, 0.2) is 0 Å². The van der Waals surface area contributed by atoms with Gasteiger partial charge in [-0.15, -0.1) is 0 Å². The zero-order valence-corrected chi connectivity index (χ0v) is 15.5. The number of hydrogen-bond acceptors (Lipinski definition) is 8. The zero-order valence-electron chi connectivity index (χ0n) is 12.8. The Kier molecular flexibility index (Phi) is 8.28. The Hall–Kier alpha value is 0.395. The molecule has 2 unspecified atom stereocenters. The summed E-state index contributed by atoms with van der Waals surface area (Å²) in [4.78, 5) is 35.3. The second kappa shape index (κ2) is 8.86. The smallest absolute Gasteiger partial charge is 0.379 e. The van der Waals surface area contributed by atoms with E-state index in [4.69, 9.17) is 24.2 Å². The van der Waals surface area contributed by atoms with Gasteiger partial charge in [0, 0.05) is 13.1 Å². The maximum Gasteiger partial charge on any atom is 0.490 e. The summed E-state index contributed by atoms with van der Waals surface area (Å²) in [5.74, 6) is 0. The fraction of sp³-hybridized carbons (Fsp3) is 1.00. The third-order valence-corrected chi connectivity index (χ3v) is 6.65. The molecular weight excluding hydrogens is 392 g/mol. The number of methoxy groups -OCH3 is 1. The van der Waals surface area contributed by atoms with Gasteiger partial charge in [0.1, 0.15) is 13.4 Å². The van der Waals surface area contributed by atoms with Gasteiger partial charge in [0.05, 0.1) is 12.7 Å². The molecular formula is C8H19BO12P3. The summed E-state index contributed by atoms with van der Waals surface area (Å²) < 4.78 is 55.8. The van der Waals surface area contributed by atoms with E-state index in [1.165, 1.54) is 7.11 Å². The van der Waals surface area contributed by atoms with Crippen LogP contribution in [-0.2, 0) is 36.3 Å². The average Bonchev–Trinajstić information content (AvgIpc) is 2.75. The molecule has 1 rings (SSSR count). The van der Waals surface area contributed by atoms with E-state index in [0.29, 0.717) is 6.42 Å². The van der Waals surface area contributed by atoms with Crippen LogP contribution in [0.1, 0.15) is 13.3 Å². The third-order valence-electron chi connectivity index (χ3n) is 2.85. The van der Waals surface area contributed by atoms with Crippen molar-refractivity contribution in [3.8, 4) is 0 Å². The summed E-state index contributed by atoms with van der Waals surface area (Å²) >= 11 is 0. The van der Waals surface area contributed by atoms with Crippen molar-refractivity contribution in [3.05, 3.63) is 0 Å². The predicted molar refractivity (Wildman–Crippen MR) is 80.1 cm³/mol. The van der Waals surface area contributed by atoms with E-state index in [1.807, 2.05) is 14.2 Å². The van der Waals surface area contributed by atoms with Gasteiger partial charge in [0.15, 0.2) is 0 Å². The van der Waals surface area contributed by atoms with Crippen LogP contribution in [0.3, 0.4) is 0 Å². The SMILES string of the molecule is CC[B][C@H]1C[C@H](OC)[C@@H](COP(=O)(O)OP(=O)(O)OP(=O)(O)O)O1. The molecule has 0 aliphatic carbocycles. The summed E-state index contributed by atoms with van der Waals surface area (Å²) in [6.07, 6.45) is 0.0519. The van der Waals surface area contributed by atoms with Crippen LogP contribution < -0.4 is 0 Å². The highest BCUT2D eigenvalue weighted by Gasteiger charge is 2.42. The maximum atomic E-state index is 11.6. The van der Waals surface area contributed by atoms with E-state index in [1.54, 1.807) is 0 Å². The normalized spacial score (nSPS) is 29.8. The Morgan fingerprint density at radius 3 is 2.25 bits per heavy atom. The van der Waals surface area contributed by atoms with E-state index in [9.17, 15) is 18.6 Å². The highest BCUT2D eigenvalue weighted by atomic mass is 31.3. The third kappa shape index (κ3) is 8.18. The van der Waals surface area contributed by atoms with E-state index in [-0.39, 0.29) is 6.00 Å². The first kappa shape index (κ1) is 22.4. The molecule has 0 bridgehead atoms. The molecule has 1 aliphatic heterocycles. The van der Waals surface area contributed by atoms with Crippen molar-refractivity contribution in [2.45, 2.75) is 37.9 Å². The van der Waals surface area contributed by atoms with Gasteiger partial charge in [0.25, 0.3) is 0 Å².